The third-order valence-electron chi connectivity index (χ3n) is 15.4. The van der Waals surface area contributed by atoms with Gasteiger partial charge in [0.05, 0.1) is 11.0 Å². The first-order valence-electron chi connectivity index (χ1n) is 23.4. The van der Waals surface area contributed by atoms with Crippen LogP contribution < -0.4 is 16.2 Å². The first-order chi connectivity index (χ1) is 31.8. The number of nitrogens with one attached hydrogen (secondary N) is 1. The number of nitrogens with zero attached hydrogens (tertiary/aromatic N) is 1. The molecule has 8 aromatic carbocycles. The fraction of sp³-hybridized carbons (Fsp3) is 0.200. The molecule has 14 rings (SSSR count). The van der Waals surface area contributed by atoms with Gasteiger partial charge < -0.3 is 18.7 Å². The standard InChI is InChI=1S/C60H48BN2O2S/c1-58(2,3)32-20-22-33(23-21-32)62-44-28-38-35-15-9-12-18-48(35)64-49(38)29-39(44)52-53-36-16-10-13-19-51(36)66-57(53)54-40-26-41-42(60(6,7)25-24-59(41,4)5)30-45(40)63-46-31-50-37(27-43(46)61-55(52)56(54)63)34-14-8-11-17-47(34)65-50/h8-23,26-31,62H,24-25H2,1-7H3. The summed E-state index contributed by atoms with van der Waals surface area (Å²) in [4.78, 5) is 0. The second-order valence-electron chi connectivity index (χ2n) is 21.4. The van der Waals surface area contributed by atoms with Crippen LogP contribution in [0.1, 0.15) is 78.0 Å². The van der Waals surface area contributed by atoms with Crippen molar-refractivity contribution >= 4 is 127 Å². The molecule has 319 valence electrons. The van der Waals surface area contributed by atoms with E-state index in [1.54, 1.807) is 0 Å². The molecule has 4 nitrogen and oxygen atoms in total. The predicted octanol–water partition coefficient (Wildman–Crippen LogP) is 16.0. The van der Waals surface area contributed by atoms with Crippen LogP contribution in [-0.2, 0) is 16.2 Å². The molecule has 0 unspecified atom stereocenters. The van der Waals surface area contributed by atoms with E-state index in [0.717, 1.165) is 79.3 Å². The number of benzene rings is 8. The number of hydrogen-bond acceptors (Lipinski definition) is 4. The molecule has 4 aromatic heterocycles. The summed E-state index contributed by atoms with van der Waals surface area (Å²) in [5.41, 5.74) is 18.4. The Bertz CT molecular complexity index is 4090. The van der Waals surface area contributed by atoms with Crippen LogP contribution in [0.3, 0.4) is 0 Å². The number of furan rings is 2. The van der Waals surface area contributed by atoms with E-state index in [2.05, 4.69) is 199 Å². The molecule has 1 aliphatic carbocycles. The van der Waals surface area contributed by atoms with Gasteiger partial charge in [0.15, 0.2) is 7.28 Å². The molecule has 0 amide bonds. The second-order valence-corrected chi connectivity index (χ2v) is 22.5. The van der Waals surface area contributed by atoms with Crippen molar-refractivity contribution < 1.29 is 8.83 Å². The van der Waals surface area contributed by atoms with Crippen LogP contribution in [0.15, 0.2) is 142 Å². The third-order valence-corrected chi connectivity index (χ3v) is 16.6. The quantitative estimate of drug-likeness (QED) is 0.180. The van der Waals surface area contributed by atoms with Crippen LogP contribution in [-0.4, -0.2) is 11.8 Å². The van der Waals surface area contributed by atoms with Gasteiger partial charge in [-0.3, -0.25) is 0 Å². The SMILES string of the molecule is CC(C)(C)c1ccc(Nc2cc3c(cc2-c2c4c5c(c6cc7c(cc6n5-c5cc6oc8ccccc8c6cc5[B]4)C(C)(C)CCC7(C)C)c4sc5ccccc5c24)oc2ccccc23)cc1. The van der Waals surface area contributed by atoms with Gasteiger partial charge in [-0.2, -0.15) is 0 Å². The first kappa shape index (κ1) is 38.5. The molecule has 1 N–H and O–H groups in total. The summed E-state index contributed by atoms with van der Waals surface area (Å²) in [6, 6.07) is 49.4. The van der Waals surface area contributed by atoms with E-state index >= 15 is 0 Å². The highest BCUT2D eigenvalue weighted by Crippen LogP contribution is 2.53. The van der Waals surface area contributed by atoms with Crippen molar-refractivity contribution in [3.05, 3.63) is 150 Å². The zero-order valence-electron chi connectivity index (χ0n) is 38.4. The zero-order valence-corrected chi connectivity index (χ0v) is 39.2. The Balaban J connectivity index is 1.17. The molecule has 0 spiro atoms. The lowest BCUT2D eigenvalue weighted by Crippen LogP contribution is -2.37. The van der Waals surface area contributed by atoms with E-state index < -0.39 is 0 Å². The fourth-order valence-corrected chi connectivity index (χ4v) is 13.0. The van der Waals surface area contributed by atoms with Crippen molar-refractivity contribution in [1.29, 1.82) is 0 Å². The molecule has 6 heteroatoms. The smallest absolute Gasteiger partial charge is 0.197 e. The summed E-state index contributed by atoms with van der Waals surface area (Å²) in [6.45, 7) is 16.6. The number of thiophene rings is 1. The van der Waals surface area contributed by atoms with Crippen molar-refractivity contribution in [3.8, 4) is 16.8 Å². The van der Waals surface area contributed by atoms with Gasteiger partial charge in [-0.25, -0.2) is 0 Å². The van der Waals surface area contributed by atoms with Gasteiger partial charge in [0, 0.05) is 81.2 Å². The molecule has 12 aromatic rings. The van der Waals surface area contributed by atoms with Crippen molar-refractivity contribution in [1.82, 2.24) is 4.57 Å². The Morgan fingerprint density at radius 1 is 0.606 bits per heavy atom. The highest BCUT2D eigenvalue weighted by molar-refractivity contribution is 7.27. The van der Waals surface area contributed by atoms with E-state index in [9.17, 15) is 0 Å². The summed E-state index contributed by atoms with van der Waals surface area (Å²) in [5.74, 6) is 0. The molecule has 5 heterocycles. The number of fused-ring (bicyclic) bond motifs is 16. The van der Waals surface area contributed by atoms with Crippen LogP contribution >= 0.6 is 11.3 Å². The molecule has 0 atom stereocenters. The lowest BCUT2D eigenvalue weighted by molar-refractivity contribution is 0.332. The van der Waals surface area contributed by atoms with E-state index in [1.807, 2.05) is 11.3 Å². The predicted molar refractivity (Wildman–Crippen MR) is 282 cm³/mol. The maximum absolute atomic E-state index is 6.78. The summed E-state index contributed by atoms with van der Waals surface area (Å²) >= 11 is 1.93. The summed E-state index contributed by atoms with van der Waals surface area (Å²) in [5, 5.41) is 13.7. The van der Waals surface area contributed by atoms with Crippen LogP contribution in [0.2, 0.25) is 0 Å². The molecule has 0 fully saturated rings. The highest BCUT2D eigenvalue weighted by Gasteiger charge is 2.39. The van der Waals surface area contributed by atoms with Crippen molar-refractivity contribution in [2.24, 2.45) is 0 Å². The van der Waals surface area contributed by atoms with Gasteiger partial charge in [-0.15, -0.1) is 11.3 Å². The minimum absolute atomic E-state index is 0.0384. The lowest BCUT2D eigenvalue weighted by Gasteiger charge is -2.42. The normalized spacial score (nSPS) is 15.4. The summed E-state index contributed by atoms with van der Waals surface area (Å²) in [6.07, 6.45) is 2.31. The Morgan fingerprint density at radius 3 is 1.92 bits per heavy atom. The van der Waals surface area contributed by atoms with Gasteiger partial charge in [-0.1, -0.05) is 127 Å². The molecular weight excluding hydrogens is 824 g/mol. The minimum Gasteiger partial charge on any atom is -0.456 e. The third kappa shape index (κ3) is 5.28. The largest absolute Gasteiger partial charge is 0.456 e. The van der Waals surface area contributed by atoms with Crippen LogP contribution in [0, 0.1) is 0 Å². The molecular formula is C60H48BN2O2S. The Morgan fingerprint density at radius 2 is 1.23 bits per heavy atom. The second kappa shape index (κ2) is 13.0. The first-order valence-corrected chi connectivity index (χ1v) is 24.3. The van der Waals surface area contributed by atoms with E-state index in [4.69, 9.17) is 8.83 Å². The van der Waals surface area contributed by atoms with Crippen LogP contribution in [0.4, 0.5) is 11.4 Å². The van der Waals surface area contributed by atoms with Crippen LogP contribution in [0.25, 0.3) is 103 Å². The maximum atomic E-state index is 6.78. The number of anilines is 2. The fourth-order valence-electron chi connectivity index (χ4n) is 11.8. The lowest BCUT2D eigenvalue weighted by atomic mass is 9.58. The van der Waals surface area contributed by atoms with Crippen LogP contribution in [0.5, 0.6) is 0 Å². The monoisotopic (exact) mass is 871 g/mol. The minimum atomic E-state index is 0.0384. The van der Waals surface area contributed by atoms with E-state index in [-0.39, 0.29) is 16.2 Å². The molecule has 0 saturated carbocycles. The molecule has 0 saturated heterocycles. The Kier molecular flexibility index (Phi) is 7.58. The molecule has 1 aliphatic heterocycles. The maximum Gasteiger partial charge on any atom is 0.197 e. The number of hydrogen-bond donors (Lipinski definition) is 1. The average Bonchev–Trinajstić information content (AvgIpc) is 4.06. The Labute approximate surface area is 388 Å². The highest BCUT2D eigenvalue weighted by atomic mass is 32.1. The van der Waals surface area contributed by atoms with Crippen molar-refractivity contribution in [2.75, 3.05) is 5.32 Å². The van der Waals surface area contributed by atoms with Crippen molar-refractivity contribution in [3.63, 3.8) is 0 Å². The van der Waals surface area contributed by atoms with Gasteiger partial charge >= 0.3 is 0 Å². The molecule has 1 radical (unpaired) electrons. The van der Waals surface area contributed by atoms with E-state index in [0.29, 0.717) is 0 Å². The molecule has 0 bridgehead atoms. The van der Waals surface area contributed by atoms with Gasteiger partial charge in [0.25, 0.3) is 0 Å². The number of rotatable bonds is 3. The van der Waals surface area contributed by atoms with Crippen molar-refractivity contribution in [2.45, 2.75) is 77.6 Å². The van der Waals surface area contributed by atoms with Gasteiger partial charge in [0.1, 0.15) is 22.3 Å². The number of para-hydroxylation sites is 2. The van der Waals surface area contributed by atoms with E-state index in [1.165, 1.54) is 75.2 Å². The Hall–Kier alpha value is -6.76. The number of aromatic nitrogens is 1. The van der Waals surface area contributed by atoms with Gasteiger partial charge in [0.2, 0.25) is 0 Å². The average molecular weight is 872 g/mol. The zero-order chi connectivity index (χ0) is 44.6. The van der Waals surface area contributed by atoms with Gasteiger partial charge in [-0.05, 0) is 111 Å². The molecule has 66 heavy (non-hydrogen) atoms. The topological polar surface area (TPSA) is 43.2 Å². The summed E-state index contributed by atoms with van der Waals surface area (Å²) in [7, 11) is 2.48. The summed E-state index contributed by atoms with van der Waals surface area (Å²) < 4.78 is 18.6. The molecule has 2 aliphatic rings.